The van der Waals surface area contributed by atoms with Gasteiger partial charge in [0, 0.05) is 17.6 Å². The van der Waals surface area contributed by atoms with Crippen molar-refractivity contribution in [3.63, 3.8) is 0 Å². The molecular formula is C24H25FN2O2. The zero-order chi connectivity index (χ0) is 20.5. The number of H-pyrrole nitrogens is 1. The number of rotatable bonds is 6. The summed E-state index contributed by atoms with van der Waals surface area (Å²) >= 11 is 0. The molecular weight excluding hydrogens is 367 g/mol. The van der Waals surface area contributed by atoms with Gasteiger partial charge in [0.1, 0.15) is 11.6 Å². The lowest BCUT2D eigenvalue weighted by atomic mass is 10.0. The van der Waals surface area contributed by atoms with E-state index in [0.717, 1.165) is 40.6 Å². The van der Waals surface area contributed by atoms with Gasteiger partial charge < -0.3 is 15.0 Å². The lowest BCUT2D eigenvalue weighted by Crippen LogP contribution is -2.30. The lowest BCUT2D eigenvalue weighted by molar-refractivity contribution is -0.123. The fourth-order valence-electron chi connectivity index (χ4n) is 4.11. The Morgan fingerprint density at radius 3 is 2.90 bits per heavy atom. The standard InChI is InChI=1S/C24H25FN2O2/c1-14-4-6-17-12-18(7-8-19(14)17)29-13-22(28)26-11-10-20-16(3)27-24-21(25)9-5-15(2)23(20)24/h5,7-9,12,27H,1,4,6,10-11,13H2,2-3H3,(H,26,28). The Kier molecular flexibility index (Phi) is 5.14. The molecule has 0 saturated heterocycles. The minimum absolute atomic E-state index is 0.0275. The van der Waals surface area contributed by atoms with Gasteiger partial charge in [0.2, 0.25) is 0 Å². The van der Waals surface area contributed by atoms with E-state index >= 15 is 0 Å². The van der Waals surface area contributed by atoms with Crippen LogP contribution in [-0.2, 0) is 17.6 Å². The third-order valence-electron chi connectivity index (χ3n) is 5.65. The van der Waals surface area contributed by atoms with E-state index in [-0.39, 0.29) is 18.3 Å². The molecule has 0 unspecified atom stereocenters. The average molecular weight is 392 g/mol. The average Bonchev–Trinajstić information content (AvgIpc) is 3.24. The van der Waals surface area contributed by atoms with Gasteiger partial charge in [0.25, 0.3) is 5.91 Å². The molecule has 1 heterocycles. The van der Waals surface area contributed by atoms with Crippen molar-refractivity contribution in [3.05, 3.63) is 70.7 Å². The second-order valence-corrected chi connectivity index (χ2v) is 7.65. The summed E-state index contributed by atoms with van der Waals surface area (Å²) in [4.78, 5) is 15.3. The van der Waals surface area contributed by atoms with E-state index in [2.05, 4.69) is 16.9 Å². The Balaban J connectivity index is 1.33. The van der Waals surface area contributed by atoms with Gasteiger partial charge in [-0.15, -0.1) is 0 Å². The topological polar surface area (TPSA) is 54.1 Å². The molecule has 2 N–H and O–H groups in total. The number of amides is 1. The number of carbonyl (C=O) groups is 1. The number of nitrogens with one attached hydrogen (secondary N) is 2. The molecule has 29 heavy (non-hydrogen) atoms. The predicted octanol–water partition coefficient (Wildman–Crippen LogP) is 4.62. The van der Waals surface area contributed by atoms with E-state index < -0.39 is 0 Å². The van der Waals surface area contributed by atoms with Crippen LogP contribution in [0.15, 0.2) is 36.9 Å². The first-order valence-corrected chi connectivity index (χ1v) is 9.91. The van der Waals surface area contributed by atoms with Gasteiger partial charge in [-0.3, -0.25) is 4.79 Å². The van der Waals surface area contributed by atoms with Crippen molar-refractivity contribution in [3.8, 4) is 5.75 Å². The number of aromatic nitrogens is 1. The van der Waals surface area contributed by atoms with E-state index in [1.807, 2.05) is 32.0 Å². The van der Waals surface area contributed by atoms with Crippen LogP contribution >= 0.6 is 0 Å². The minimum atomic E-state index is -0.254. The summed E-state index contributed by atoms with van der Waals surface area (Å²) in [7, 11) is 0. The quantitative estimate of drug-likeness (QED) is 0.643. The van der Waals surface area contributed by atoms with Crippen molar-refractivity contribution in [2.75, 3.05) is 13.2 Å². The van der Waals surface area contributed by atoms with E-state index in [1.165, 1.54) is 17.2 Å². The van der Waals surface area contributed by atoms with Gasteiger partial charge >= 0.3 is 0 Å². The van der Waals surface area contributed by atoms with Crippen LogP contribution in [-0.4, -0.2) is 24.0 Å². The monoisotopic (exact) mass is 392 g/mol. The van der Waals surface area contributed by atoms with Crippen LogP contribution in [0, 0.1) is 19.7 Å². The van der Waals surface area contributed by atoms with Gasteiger partial charge in [0.05, 0.1) is 5.52 Å². The van der Waals surface area contributed by atoms with E-state index in [4.69, 9.17) is 4.74 Å². The van der Waals surface area contributed by atoms with Gasteiger partial charge in [-0.1, -0.05) is 18.7 Å². The van der Waals surface area contributed by atoms with Gasteiger partial charge in [-0.05, 0) is 79.1 Å². The van der Waals surface area contributed by atoms with E-state index in [9.17, 15) is 9.18 Å². The molecule has 4 nitrogen and oxygen atoms in total. The molecule has 1 amide bonds. The van der Waals surface area contributed by atoms with Crippen molar-refractivity contribution in [1.82, 2.24) is 10.3 Å². The fraction of sp³-hybridized carbons (Fsp3) is 0.292. The maximum Gasteiger partial charge on any atom is 0.257 e. The summed E-state index contributed by atoms with van der Waals surface area (Å²) < 4.78 is 19.7. The highest BCUT2D eigenvalue weighted by Gasteiger charge is 2.16. The third kappa shape index (κ3) is 3.77. The lowest BCUT2D eigenvalue weighted by Gasteiger charge is -2.09. The third-order valence-corrected chi connectivity index (χ3v) is 5.65. The molecule has 150 valence electrons. The summed E-state index contributed by atoms with van der Waals surface area (Å²) in [6.45, 7) is 8.40. The molecule has 0 atom stereocenters. The molecule has 0 spiro atoms. The Morgan fingerprint density at radius 1 is 1.24 bits per heavy atom. The van der Waals surface area contributed by atoms with E-state index in [1.54, 1.807) is 6.07 Å². The minimum Gasteiger partial charge on any atom is -0.484 e. The van der Waals surface area contributed by atoms with Crippen LogP contribution in [0.5, 0.6) is 5.75 Å². The summed E-state index contributed by atoms with van der Waals surface area (Å²) in [5, 5.41) is 3.80. The first kappa shape index (κ1) is 19.2. The SMILES string of the molecule is C=C1CCc2cc(OCC(=O)NCCc3c(C)[nH]c4c(F)ccc(C)c34)ccc21. The number of benzene rings is 2. The number of allylic oxidation sites excluding steroid dienone is 1. The van der Waals surface area contributed by atoms with Crippen molar-refractivity contribution >= 4 is 22.4 Å². The predicted molar refractivity (Wildman–Crippen MR) is 114 cm³/mol. The molecule has 1 aliphatic carbocycles. The highest BCUT2D eigenvalue weighted by Crippen LogP contribution is 2.33. The van der Waals surface area contributed by atoms with Crippen molar-refractivity contribution in [2.24, 2.45) is 0 Å². The second-order valence-electron chi connectivity index (χ2n) is 7.65. The highest BCUT2D eigenvalue weighted by atomic mass is 19.1. The molecule has 0 saturated carbocycles. The normalized spacial score (nSPS) is 13.0. The molecule has 0 radical (unpaired) electrons. The molecule has 5 heteroatoms. The molecule has 1 aromatic heterocycles. The zero-order valence-corrected chi connectivity index (χ0v) is 16.8. The summed E-state index contributed by atoms with van der Waals surface area (Å²) in [6, 6.07) is 9.15. The van der Waals surface area contributed by atoms with Gasteiger partial charge in [0.15, 0.2) is 6.61 Å². The van der Waals surface area contributed by atoms with Gasteiger partial charge in [-0.2, -0.15) is 0 Å². The Labute approximate surface area is 169 Å². The number of hydrogen-bond acceptors (Lipinski definition) is 2. The van der Waals surface area contributed by atoms with Crippen molar-refractivity contribution in [1.29, 1.82) is 0 Å². The molecule has 0 fully saturated rings. The molecule has 1 aliphatic rings. The second kappa shape index (κ2) is 7.74. The maximum atomic E-state index is 14.1. The van der Waals surface area contributed by atoms with Crippen LogP contribution in [0.2, 0.25) is 0 Å². The van der Waals surface area contributed by atoms with Gasteiger partial charge in [-0.25, -0.2) is 4.39 Å². The molecule has 0 bridgehead atoms. The molecule has 3 aromatic rings. The number of aromatic amines is 1. The van der Waals surface area contributed by atoms with Crippen LogP contribution in [0.1, 0.15) is 34.4 Å². The molecule has 4 rings (SSSR count). The van der Waals surface area contributed by atoms with E-state index in [0.29, 0.717) is 24.2 Å². The number of hydrogen-bond donors (Lipinski definition) is 2. The summed E-state index contributed by atoms with van der Waals surface area (Å²) in [6.07, 6.45) is 2.58. The van der Waals surface area contributed by atoms with Crippen LogP contribution < -0.4 is 10.1 Å². The van der Waals surface area contributed by atoms with Crippen LogP contribution in [0.25, 0.3) is 16.5 Å². The maximum absolute atomic E-state index is 14.1. The molecule has 2 aromatic carbocycles. The fourth-order valence-corrected chi connectivity index (χ4v) is 4.11. The summed E-state index contributed by atoms with van der Waals surface area (Å²) in [5.74, 6) is 0.276. The highest BCUT2D eigenvalue weighted by molar-refractivity contribution is 5.88. The summed E-state index contributed by atoms with van der Waals surface area (Å²) in [5.41, 5.74) is 7.11. The van der Waals surface area contributed by atoms with Crippen LogP contribution in [0.4, 0.5) is 4.39 Å². The Hall–Kier alpha value is -3.08. The largest absolute Gasteiger partial charge is 0.484 e. The number of halogens is 1. The first-order valence-electron chi connectivity index (χ1n) is 9.91. The zero-order valence-electron chi connectivity index (χ0n) is 16.8. The van der Waals surface area contributed by atoms with Crippen LogP contribution in [0.3, 0.4) is 0 Å². The number of fused-ring (bicyclic) bond motifs is 2. The smallest absolute Gasteiger partial charge is 0.257 e. The Bertz CT molecular complexity index is 1110. The Morgan fingerprint density at radius 2 is 2.07 bits per heavy atom. The van der Waals surface area contributed by atoms with Crippen molar-refractivity contribution < 1.29 is 13.9 Å². The number of aryl methyl sites for hydroxylation is 3. The number of carbonyl (C=O) groups excluding carboxylic acids is 1. The van der Waals surface area contributed by atoms with Crippen molar-refractivity contribution in [2.45, 2.75) is 33.1 Å². The number of ether oxygens (including phenoxy) is 1. The molecule has 0 aliphatic heterocycles. The first-order chi connectivity index (χ1) is 13.9.